The Balaban J connectivity index is 1.57. The second kappa shape index (κ2) is 10.4. The van der Waals surface area contributed by atoms with Gasteiger partial charge in [0, 0.05) is 35.0 Å². The predicted molar refractivity (Wildman–Crippen MR) is 141 cm³/mol. The molecule has 1 aliphatic rings. The number of pyridine rings is 1. The van der Waals surface area contributed by atoms with E-state index in [9.17, 15) is 4.79 Å². The number of para-hydroxylation sites is 1. The third-order valence-corrected chi connectivity index (χ3v) is 6.99. The molecule has 0 bridgehead atoms. The lowest BCUT2D eigenvalue weighted by Crippen LogP contribution is -2.52. The zero-order chi connectivity index (χ0) is 25.2. The van der Waals surface area contributed by atoms with E-state index in [-0.39, 0.29) is 23.8 Å². The summed E-state index contributed by atoms with van der Waals surface area (Å²) in [7, 11) is 2.07. The molecule has 1 aliphatic heterocycles. The number of aromatic nitrogens is 1. The van der Waals surface area contributed by atoms with Gasteiger partial charge in [0.15, 0.2) is 11.8 Å². The summed E-state index contributed by atoms with van der Waals surface area (Å²) >= 11 is 12.0. The smallest absolute Gasteiger partial charge is 0.263 e. The van der Waals surface area contributed by atoms with Gasteiger partial charge in [-0.2, -0.15) is 0 Å². The van der Waals surface area contributed by atoms with Crippen LogP contribution in [0.2, 0.25) is 10.0 Å². The fraction of sp³-hybridized carbons (Fsp3) is 0.321. The zero-order valence-corrected chi connectivity index (χ0v) is 21.8. The average Bonchev–Trinajstić information content (AvgIpc) is 3.16. The third kappa shape index (κ3) is 5.85. The lowest BCUT2D eigenvalue weighted by molar-refractivity contribution is -0.396. The fourth-order valence-corrected chi connectivity index (χ4v) is 4.80. The Bertz CT molecular complexity index is 1220. The van der Waals surface area contributed by atoms with Crippen LogP contribution < -0.4 is 10.1 Å². The molecular weight excluding hydrogens is 481 g/mol. The summed E-state index contributed by atoms with van der Waals surface area (Å²) in [6, 6.07) is 19.5. The molecule has 0 aliphatic carbocycles. The van der Waals surface area contributed by atoms with Gasteiger partial charge in [0.05, 0.1) is 10.9 Å². The van der Waals surface area contributed by atoms with E-state index < -0.39 is 5.60 Å². The van der Waals surface area contributed by atoms with Crippen molar-refractivity contribution in [3.05, 3.63) is 88.0 Å². The molecule has 0 spiro atoms. The molecular formula is C28H30Cl2N3O2+. The van der Waals surface area contributed by atoms with Gasteiger partial charge in [-0.05, 0) is 56.9 Å². The summed E-state index contributed by atoms with van der Waals surface area (Å²) in [5.41, 5.74) is 2.50. The Morgan fingerprint density at radius 1 is 1.09 bits per heavy atom. The van der Waals surface area contributed by atoms with Crippen molar-refractivity contribution in [2.24, 2.45) is 5.92 Å². The van der Waals surface area contributed by atoms with Crippen molar-refractivity contribution in [3.8, 4) is 5.88 Å². The summed E-state index contributed by atoms with van der Waals surface area (Å²) in [4.78, 5) is 17.5. The number of ether oxygens (including phenoxy) is 1. The monoisotopic (exact) mass is 510 g/mol. The fourth-order valence-electron chi connectivity index (χ4n) is 4.56. The molecule has 182 valence electrons. The molecule has 1 N–H and O–H groups in total. The Morgan fingerprint density at radius 2 is 1.77 bits per heavy atom. The van der Waals surface area contributed by atoms with Crippen LogP contribution in [0.3, 0.4) is 0 Å². The number of nitrogens with zero attached hydrogens (tertiary/aromatic N) is 2. The van der Waals surface area contributed by atoms with Crippen molar-refractivity contribution in [1.82, 2.24) is 10.3 Å². The van der Waals surface area contributed by atoms with Gasteiger partial charge >= 0.3 is 0 Å². The van der Waals surface area contributed by atoms with E-state index in [2.05, 4.69) is 59.3 Å². The van der Waals surface area contributed by atoms with Gasteiger partial charge < -0.3 is 10.1 Å². The summed E-state index contributed by atoms with van der Waals surface area (Å²) in [6.45, 7) is 5.54. The minimum absolute atomic E-state index is 0.107. The highest BCUT2D eigenvalue weighted by Crippen LogP contribution is 2.38. The molecule has 0 radical (unpaired) electrons. The van der Waals surface area contributed by atoms with Crippen LogP contribution in [0.15, 0.2) is 66.9 Å². The quantitative estimate of drug-likeness (QED) is 0.375. The molecule has 4 rings (SSSR count). The maximum Gasteiger partial charge on any atom is 0.263 e. The molecule has 35 heavy (non-hydrogen) atoms. The van der Waals surface area contributed by atoms with Crippen LogP contribution in [-0.4, -0.2) is 40.4 Å². The van der Waals surface area contributed by atoms with E-state index in [1.54, 1.807) is 26.0 Å². The number of carbonyl (C=O) groups excluding carboxylic acids is 1. The summed E-state index contributed by atoms with van der Waals surface area (Å²) in [5.74, 6) is 0.391. The number of hydrogen-bond donors (Lipinski definition) is 1. The van der Waals surface area contributed by atoms with Gasteiger partial charge in [-0.3, -0.25) is 4.79 Å². The van der Waals surface area contributed by atoms with Gasteiger partial charge in [0.1, 0.15) is 7.05 Å². The first kappa shape index (κ1) is 25.2. The molecule has 0 saturated heterocycles. The second-order valence-corrected chi connectivity index (χ2v) is 10.4. The van der Waals surface area contributed by atoms with Crippen LogP contribution in [0.1, 0.15) is 37.8 Å². The molecule has 7 heteroatoms. The van der Waals surface area contributed by atoms with E-state index in [4.69, 9.17) is 27.9 Å². The highest BCUT2D eigenvalue weighted by Gasteiger charge is 2.39. The molecule has 3 atom stereocenters. The van der Waals surface area contributed by atoms with Gasteiger partial charge in [-0.25, -0.2) is 9.56 Å². The van der Waals surface area contributed by atoms with Gasteiger partial charge in [0.25, 0.3) is 5.91 Å². The molecule has 1 amide bonds. The van der Waals surface area contributed by atoms with E-state index >= 15 is 0 Å². The van der Waals surface area contributed by atoms with E-state index in [1.807, 2.05) is 24.3 Å². The maximum atomic E-state index is 13.3. The third-order valence-electron chi connectivity index (χ3n) is 6.51. The molecule has 0 fully saturated rings. The molecule has 5 nitrogen and oxygen atoms in total. The minimum atomic E-state index is -1.12. The zero-order valence-electron chi connectivity index (χ0n) is 20.3. The highest BCUT2D eigenvalue weighted by molar-refractivity contribution is 6.30. The average molecular weight is 511 g/mol. The van der Waals surface area contributed by atoms with Crippen LogP contribution in [0.5, 0.6) is 5.88 Å². The second-order valence-electron chi connectivity index (χ2n) is 9.53. The Labute approximate surface area is 216 Å². The van der Waals surface area contributed by atoms with Crippen LogP contribution in [-0.2, 0) is 11.2 Å². The van der Waals surface area contributed by atoms with Crippen molar-refractivity contribution in [3.63, 3.8) is 0 Å². The number of fused-ring (bicyclic) bond motifs is 1. The van der Waals surface area contributed by atoms with Crippen molar-refractivity contribution in [2.75, 3.05) is 7.05 Å². The van der Waals surface area contributed by atoms with Crippen molar-refractivity contribution >= 4 is 41.0 Å². The van der Waals surface area contributed by atoms with Crippen LogP contribution in [0.25, 0.3) is 0 Å². The van der Waals surface area contributed by atoms with Gasteiger partial charge in [-0.1, -0.05) is 53.5 Å². The van der Waals surface area contributed by atoms with Crippen molar-refractivity contribution < 1.29 is 14.1 Å². The molecule has 3 aromatic rings. The number of nitrogens with one attached hydrogen (secondary N) is 1. The van der Waals surface area contributed by atoms with E-state index in [0.29, 0.717) is 15.9 Å². The highest BCUT2D eigenvalue weighted by atomic mass is 35.5. The maximum absolute atomic E-state index is 13.3. The minimum Gasteiger partial charge on any atom is -0.462 e. The number of rotatable bonds is 8. The molecule has 0 saturated carbocycles. The Morgan fingerprint density at radius 3 is 2.46 bits per heavy atom. The number of amides is 1. The first-order valence-corrected chi connectivity index (χ1v) is 12.4. The van der Waals surface area contributed by atoms with E-state index in [0.717, 1.165) is 6.42 Å². The van der Waals surface area contributed by atoms with Crippen LogP contribution in [0.4, 0.5) is 5.69 Å². The predicted octanol–water partition coefficient (Wildman–Crippen LogP) is 6.05. The molecule has 2 heterocycles. The number of halogens is 2. The number of benzene rings is 2. The molecule has 1 aromatic heterocycles. The standard InChI is InChI=1S/C28H29Cl2N3O2/c1-18(32-27(34)28(2,3)35-26-14-13-21(30)16-31-26)23(15-19-9-11-20(29)12-10-19)24-17-33(4)25-8-6-5-7-22(24)25/h5-14,16-18,23-24H,15H2,1-4H3/p+1. The SMILES string of the molecule is CC(NC(=O)C(C)(C)Oc1ccc(Cl)cn1)C(Cc1ccc(Cl)cc1)C1C=[N+](C)c2ccccc21. The number of carbonyl (C=O) groups is 1. The van der Waals surface area contributed by atoms with Crippen LogP contribution >= 0.6 is 23.2 Å². The normalized spacial score (nSPS) is 16.7. The number of hydrogen-bond acceptors (Lipinski definition) is 3. The van der Waals surface area contributed by atoms with Crippen molar-refractivity contribution in [1.29, 1.82) is 0 Å². The van der Waals surface area contributed by atoms with Gasteiger partial charge in [-0.15, -0.1) is 0 Å². The lowest BCUT2D eigenvalue weighted by Gasteiger charge is -2.32. The Kier molecular flexibility index (Phi) is 7.48. The first-order valence-electron chi connectivity index (χ1n) is 11.7. The Hall–Kier alpha value is -2.89. The van der Waals surface area contributed by atoms with Crippen molar-refractivity contribution in [2.45, 2.75) is 44.8 Å². The topological polar surface area (TPSA) is 54.2 Å². The van der Waals surface area contributed by atoms with Crippen LogP contribution in [0, 0.1) is 5.92 Å². The largest absolute Gasteiger partial charge is 0.462 e. The molecule has 2 aromatic carbocycles. The van der Waals surface area contributed by atoms with E-state index in [1.165, 1.54) is 23.0 Å². The lowest BCUT2D eigenvalue weighted by atomic mass is 9.79. The summed E-state index contributed by atoms with van der Waals surface area (Å²) in [5, 5.41) is 4.44. The summed E-state index contributed by atoms with van der Waals surface area (Å²) < 4.78 is 8.09. The molecule has 3 unspecified atom stereocenters. The van der Waals surface area contributed by atoms with Gasteiger partial charge in [0.2, 0.25) is 11.6 Å². The first-order chi connectivity index (χ1) is 16.6. The summed E-state index contributed by atoms with van der Waals surface area (Å²) in [6.07, 6.45) is 4.52.